The standard InChI is InChI=1S/C9H17Cl2N3/c10-7-5-8(11)9(13-6-7)14-3-1-12-2-4-14/h7-9,12-13H,1-6H2. The van der Waals surface area contributed by atoms with Crippen LogP contribution in [-0.4, -0.2) is 54.5 Å². The lowest BCUT2D eigenvalue weighted by molar-refractivity contribution is 0.126. The van der Waals surface area contributed by atoms with Crippen LogP contribution < -0.4 is 10.6 Å². The van der Waals surface area contributed by atoms with Gasteiger partial charge in [0.15, 0.2) is 0 Å². The van der Waals surface area contributed by atoms with Gasteiger partial charge in [0, 0.05) is 38.1 Å². The minimum Gasteiger partial charge on any atom is -0.314 e. The van der Waals surface area contributed by atoms with Crippen molar-refractivity contribution in [2.24, 2.45) is 0 Å². The number of nitrogens with zero attached hydrogens (tertiary/aromatic N) is 1. The van der Waals surface area contributed by atoms with Crippen LogP contribution in [0.25, 0.3) is 0 Å². The Kier molecular flexibility index (Phi) is 3.91. The molecule has 2 fully saturated rings. The summed E-state index contributed by atoms with van der Waals surface area (Å²) in [5, 5.41) is 7.10. The lowest BCUT2D eigenvalue weighted by atomic mass is 10.1. The first-order chi connectivity index (χ1) is 6.77. The van der Waals surface area contributed by atoms with E-state index in [1.807, 2.05) is 0 Å². The number of alkyl halides is 2. The number of hydrogen-bond donors (Lipinski definition) is 2. The second kappa shape index (κ2) is 4.99. The molecule has 0 radical (unpaired) electrons. The van der Waals surface area contributed by atoms with Crippen molar-refractivity contribution >= 4 is 23.2 Å². The molecule has 2 aliphatic rings. The van der Waals surface area contributed by atoms with Gasteiger partial charge in [0.1, 0.15) is 0 Å². The molecule has 0 aromatic rings. The summed E-state index contributed by atoms with van der Waals surface area (Å²) in [7, 11) is 0. The van der Waals surface area contributed by atoms with Gasteiger partial charge in [-0.3, -0.25) is 10.2 Å². The van der Waals surface area contributed by atoms with Crippen molar-refractivity contribution in [3.63, 3.8) is 0 Å². The molecule has 3 unspecified atom stereocenters. The maximum Gasteiger partial charge on any atom is 0.0767 e. The molecule has 3 atom stereocenters. The highest BCUT2D eigenvalue weighted by Crippen LogP contribution is 2.21. The summed E-state index contributed by atoms with van der Waals surface area (Å²) in [5.41, 5.74) is 0. The fourth-order valence-electron chi connectivity index (χ4n) is 2.15. The van der Waals surface area contributed by atoms with Gasteiger partial charge in [0.2, 0.25) is 0 Å². The molecule has 0 spiro atoms. The van der Waals surface area contributed by atoms with E-state index in [4.69, 9.17) is 23.2 Å². The van der Waals surface area contributed by atoms with Gasteiger partial charge in [0.25, 0.3) is 0 Å². The molecular weight excluding hydrogens is 221 g/mol. The van der Waals surface area contributed by atoms with Crippen LogP contribution in [0, 0.1) is 0 Å². The van der Waals surface area contributed by atoms with Gasteiger partial charge >= 0.3 is 0 Å². The Bertz CT molecular complexity index is 185. The van der Waals surface area contributed by atoms with Crippen molar-refractivity contribution in [1.82, 2.24) is 15.5 Å². The van der Waals surface area contributed by atoms with Gasteiger partial charge in [-0.1, -0.05) is 0 Å². The first-order valence-corrected chi connectivity index (χ1v) is 6.11. The van der Waals surface area contributed by atoms with Crippen molar-refractivity contribution in [1.29, 1.82) is 0 Å². The van der Waals surface area contributed by atoms with E-state index in [2.05, 4.69) is 15.5 Å². The number of piperazine rings is 1. The highest BCUT2D eigenvalue weighted by Gasteiger charge is 2.32. The van der Waals surface area contributed by atoms with Crippen molar-refractivity contribution < 1.29 is 0 Å². The zero-order valence-electron chi connectivity index (χ0n) is 8.18. The number of halogens is 2. The Labute approximate surface area is 95.1 Å². The van der Waals surface area contributed by atoms with Crippen LogP contribution in [0.3, 0.4) is 0 Å². The zero-order chi connectivity index (χ0) is 9.97. The van der Waals surface area contributed by atoms with Gasteiger partial charge in [0.05, 0.1) is 11.5 Å². The summed E-state index contributed by atoms with van der Waals surface area (Å²) >= 11 is 12.3. The summed E-state index contributed by atoms with van der Waals surface area (Å²) in [4.78, 5) is 2.41. The summed E-state index contributed by atoms with van der Waals surface area (Å²) in [5.74, 6) is 0. The van der Waals surface area contributed by atoms with Crippen molar-refractivity contribution in [3.8, 4) is 0 Å². The molecule has 14 heavy (non-hydrogen) atoms. The summed E-state index contributed by atoms with van der Waals surface area (Å²) < 4.78 is 0. The Hall–Kier alpha value is 0.460. The first-order valence-electron chi connectivity index (χ1n) is 5.23. The van der Waals surface area contributed by atoms with Crippen LogP contribution in [0.5, 0.6) is 0 Å². The molecular formula is C9H17Cl2N3. The van der Waals surface area contributed by atoms with E-state index < -0.39 is 0 Å². The van der Waals surface area contributed by atoms with Crippen LogP contribution in [-0.2, 0) is 0 Å². The minimum absolute atomic E-state index is 0.143. The SMILES string of the molecule is ClC1CNC(N2CCNCC2)C(Cl)C1. The van der Waals surface area contributed by atoms with Crippen LogP contribution in [0.1, 0.15) is 6.42 Å². The van der Waals surface area contributed by atoms with E-state index in [1.165, 1.54) is 0 Å². The molecule has 0 aromatic carbocycles. The van der Waals surface area contributed by atoms with Crippen molar-refractivity contribution in [3.05, 3.63) is 0 Å². The Morgan fingerprint density at radius 1 is 1.14 bits per heavy atom. The van der Waals surface area contributed by atoms with Crippen LogP contribution in [0.4, 0.5) is 0 Å². The summed E-state index contributed by atoms with van der Waals surface area (Å²) in [6, 6.07) is 0. The smallest absolute Gasteiger partial charge is 0.0767 e. The number of rotatable bonds is 1. The second-order valence-corrected chi connectivity index (χ2v) is 5.17. The largest absolute Gasteiger partial charge is 0.314 e. The third-order valence-corrected chi connectivity index (χ3v) is 3.67. The average Bonchev–Trinajstić information content (AvgIpc) is 2.19. The second-order valence-electron chi connectivity index (χ2n) is 3.99. The fourth-order valence-corrected chi connectivity index (χ4v) is 2.99. The molecule has 2 saturated heterocycles. The van der Waals surface area contributed by atoms with E-state index >= 15 is 0 Å². The van der Waals surface area contributed by atoms with Crippen molar-refractivity contribution in [2.45, 2.75) is 23.3 Å². The van der Waals surface area contributed by atoms with Gasteiger partial charge in [-0.2, -0.15) is 0 Å². The lowest BCUT2D eigenvalue weighted by Crippen LogP contribution is -2.60. The number of piperidine rings is 1. The van der Waals surface area contributed by atoms with E-state index in [0.29, 0.717) is 6.17 Å². The van der Waals surface area contributed by atoms with Crippen LogP contribution in [0.2, 0.25) is 0 Å². The molecule has 2 N–H and O–H groups in total. The third kappa shape index (κ3) is 2.52. The fraction of sp³-hybridized carbons (Fsp3) is 1.00. The van der Waals surface area contributed by atoms with E-state index in [0.717, 1.165) is 39.1 Å². The molecule has 2 aliphatic heterocycles. The topological polar surface area (TPSA) is 27.3 Å². The average molecular weight is 238 g/mol. The Morgan fingerprint density at radius 2 is 1.86 bits per heavy atom. The molecule has 0 aromatic heterocycles. The molecule has 0 bridgehead atoms. The Balaban J connectivity index is 1.89. The van der Waals surface area contributed by atoms with E-state index in [1.54, 1.807) is 0 Å². The quantitative estimate of drug-likeness (QED) is 0.648. The maximum absolute atomic E-state index is 6.30. The van der Waals surface area contributed by atoms with Crippen molar-refractivity contribution in [2.75, 3.05) is 32.7 Å². The van der Waals surface area contributed by atoms with Gasteiger partial charge in [-0.15, -0.1) is 23.2 Å². The number of nitrogens with one attached hydrogen (secondary N) is 2. The van der Waals surface area contributed by atoms with Crippen LogP contribution in [0.15, 0.2) is 0 Å². The Morgan fingerprint density at radius 3 is 2.50 bits per heavy atom. The normalized spacial score (nSPS) is 41.1. The maximum atomic E-state index is 6.30. The van der Waals surface area contributed by atoms with E-state index in [9.17, 15) is 0 Å². The van der Waals surface area contributed by atoms with Gasteiger partial charge < -0.3 is 5.32 Å². The van der Waals surface area contributed by atoms with E-state index in [-0.39, 0.29) is 10.8 Å². The molecule has 2 heterocycles. The predicted octanol–water partition coefficient (Wildman–Crippen LogP) is 0.426. The molecule has 82 valence electrons. The predicted molar refractivity (Wildman–Crippen MR) is 60.1 cm³/mol. The zero-order valence-corrected chi connectivity index (χ0v) is 9.69. The summed E-state index contributed by atoms with van der Waals surface area (Å²) in [6.45, 7) is 5.15. The molecule has 2 rings (SSSR count). The molecule has 0 aliphatic carbocycles. The highest BCUT2D eigenvalue weighted by atomic mass is 35.5. The molecule has 3 nitrogen and oxygen atoms in total. The highest BCUT2D eigenvalue weighted by molar-refractivity contribution is 6.24. The monoisotopic (exact) mass is 237 g/mol. The summed E-state index contributed by atoms with van der Waals surface area (Å²) in [6.07, 6.45) is 1.22. The molecule has 0 amide bonds. The van der Waals surface area contributed by atoms with Gasteiger partial charge in [-0.05, 0) is 6.42 Å². The third-order valence-electron chi connectivity index (χ3n) is 2.92. The molecule has 5 heteroatoms. The lowest BCUT2D eigenvalue weighted by Gasteiger charge is -2.41. The minimum atomic E-state index is 0.143. The van der Waals surface area contributed by atoms with Gasteiger partial charge in [-0.25, -0.2) is 0 Å². The first kappa shape index (κ1) is 11.0. The van der Waals surface area contributed by atoms with Crippen LogP contribution >= 0.6 is 23.2 Å². The molecule has 0 saturated carbocycles. The number of hydrogen-bond acceptors (Lipinski definition) is 3.